The topological polar surface area (TPSA) is 94.3 Å². The highest BCUT2D eigenvalue weighted by Crippen LogP contribution is 2.21. The van der Waals surface area contributed by atoms with Crippen LogP contribution in [0.4, 0.5) is 4.79 Å². The Labute approximate surface area is 168 Å². The predicted octanol–water partition coefficient (Wildman–Crippen LogP) is 2.26. The molecule has 7 heteroatoms. The number of H-pyrrole nitrogens is 1. The summed E-state index contributed by atoms with van der Waals surface area (Å²) in [5.41, 5.74) is 3.99. The van der Waals surface area contributed by atoms with Gasteiger partial charge in [-0.25, -0.2) is 4.79 Å². The predicted molar refractivity (Wildman–Crippen MR) is 109 cm³/mol. The number of amides is 4. The fourth-order valence-electron chi connectivity index (χ4n) is 3.59. The number of aryl methyl sites for hydroxylation is 1. The molecule has 1 saturated heterocycles. The molecule has 1 fully saturated rings. The van der Waals surface area contributed by atoms with Crippen LogP contribution in [0.15, 0.2) is 54.7 Å². The van der Waals surface area contributed by atoms with E-state index in [1.807, 2.05) is 61.7 Å². The molecule has 1 atom stereocenters. The van der Waals surface area contributed by atoms with Gasteiger partial charge in [-0.3, -0.25) is 14.5 Å². The zero-order chi connectivity index (χ0) is 20.4. The number of para-hydroxylation sites is 1. The second kappa shape index (κ2) is 7.79. The van der Waals surface area contributed by atoms with Crippen molar-refractivity contribution < 1.29 is 14.4 Å². The van der Waals surface area contributed by atoms with Crippen LogP contribution >= 0.6 is 0 Å². The minimum Gasteiger partial charge on any atom is -0.361 e. The zero-order valence-electron chi connectivity index (χ0n) is 16.1. The van der Waals surface area contributed by atoms with Gasteiger partial charge in [0.15, 0.2) is 0 Å². The highest BCUT2D eigenvalue weighted by molar-refractivity contribution is 6.06. The standard InChI is InChI=1S/C22H22N4O3/c1-14-6-2-3-7-15(14)11-24-20(27)13-26-21(28)19(25-22(26)29)10-16-12-23-18-9-5-4-8-17(16)18/h2-9,12,19,23H,10-11,13H2,1H3,(H,24,27)(H,25,29). The van der Waals surface area contributed by atoms with Crippen LogP contribution in [0.3, 0.4) is 0 Å². The molecule has 0 saturated carbocycles. The second-order valence-electron chi connectivity index (χ2n) is 7.19. The quantitative estimate of drug-likeness (QED) is 0.564. The molecule has 3 aromatic rings. The number of hydrogen-bond donors (Lipinski definition) is 3. The molecule has 0 bridgehead atoms. The minimum absolute atomic E-state index is 0.291. The molecule has 3 N–H and O–H groups in total. The van der Waals surface area contributed by atoms with Crippen LogP contribution in [0.2, 0.25) is 0 Å². The van der Waals surface area contributed by atoms with Gasteiger partial charge in [0.1, 0.15) is 12.6 Å². The maximum atomic E-state index is 12.7. The van der Waals surface area contributed by atoms with Gasteiger partial charge in [-0.2, -0.15) is 0 Å². The molecule has 2 heterocycles. The Bertz CT molecular complexity index is 1090. The van der Waals surface area contributed by atoms with E-state index in [-0.39, 0.29) is 18.4 Å². The van der Waals surface area contributed by atoms with Gasteiger partial charge in [0.2, 0.25) is 5.91 Å². The largest absolute Gasteiger partial charge is 0.361 e. The molecular weight excluding hydrogens is 368 g/mol. The number of nitrogens with one attached hydrogen (secondary N) is 3. The monoisotopic (exact) mass is 390 g/mol. The first kappa shape index (κ1) is 18.7. The van der Waals surface area contributed by atoms with E-state index in [1.54, 1.807) is 0 Å². The molecule has 1 aromatic heterocycles. The smallest absolute Gasteiger partial charge is 0.325 e. The SMILES string of the molecule is Cc1ccccc1CNC(=O)CN1C(=O)NC(Cc2c[nH]c3ccccc23)C1=O. The number of carbonyl (C=O) groups excluding carboxylic acids is 3. The molecule has 1 aliphatic rings. The summed E-state index contributed by atoms with van der Waals surface area (Å²) in [5, 5.41) is 6.48. The van der Waals surface area contributed by atoms with Gasteiger partial charge in [-0.05, 0) is 29.7 Å². The number of imide groups is 1. The van der Waals surface area contributed by atoms with E-state index in [0.29, 0.717) is 13.0 Å². The lowest BCUT2D eigenvalue weighted by Gasteiger charge is -2.13. The molecule has 0 spiro atoms. The molecule has 7 nitrogen and oxygen atoms in total. The summed E-state index contributed by atoms with van der Waals surface area (Å²) < 4.78 is 0. The summed E-state index contributed by atoms with van der Waals surface area (Å²) in [7, 11) is 0. The van der Waals surface area contributed by atoms with Crippen LogP contribution in [0, 0.1) is 6.92 Å². The fraction of sp³-hybridized carbons (Fsp3) is 0.227. The summed E-state index contributed by atoms with van der Waals surface area (Å²) >= 11 is 0. The summed E-state index contributed by atoms with van der Waals surface area (Å²) in [5.74, 6) is -0.754. The summed E-state index contributed by atoms with van der Waals surface area (Å²) in [6.07, 6.45) is 2.22. The average Bonchev–Trinajstić information content (AvgIpc) is 3.24. The van der Waals surface area contributed by atoms with Crippen LogP contribution in [-0.4, -0.2) is 40.3 Å². The third-order valence-corrected chi connectivity index (χ3v) is 5.24. The van der Waals surface area contributed by atoms with Crippen molar-refractivity contribution in [3.05, 3.63) is 71.4 Å². The Hall–Kier alpha value is -3.61. The first-order chi connectivity index (χ1) is 14.0. The summed E-state index contributed by atoms with van der Waals surface area (Å²) in [6.45, 7) is 2.03. The van der Waals surface area contributed by atoms with Crippen molar-refractivity contribution in [3.8, 4) is 0 Å². The third kappa shape index (κ3) is 3.85. The highest BCUT2D eigenvalue weighted by Gasteiger charge is 2.39. The zero-order valence-corrected chi connectivity index (χ0v) is 16.1. The molecule has 2 aromatic carbocycles. The lowest BCUT2D eigenvalue weighted by atomic mass is 10.1. The molecule has 148 valence electrons. The molecule has 0 aliphatic carbocycles. The molecular formula is C22H22N4O3. The van der Waals surface area contributed by atoms with Crippen molar-refractivity contribution in [3.63, 3.8) is 0 Å². The lowest BCUT2D eigenvalue weighted by molar-refractivity contribution is -0.132. The number of hydrogen-bond acceptors (Lipinski definition) is 3. The Morgan fingerprint density at radius 2 is 1.83 bits per heavy atom. The Morgan fingerprint density at radius 1 is 1.07 bits per heavy atom. The Kier molecular flexibility index (Phi) is 5.03. The Morgan fingerprint density at radius 3 is 2.66 bits per heavy atom. The Balaban J connectivity index is 1.38. The van der Waals surface area contributed by atoms with Gasteiger partial charge in [0, 0.05) is 30.1 Å². The van der Waals surface area contributed by atoms with Gasteiger partial charge >= 0.3 is 6.03 Å². The highest BCUT2D eigenvalue weighted by atomic mass is 16.2. The molecule has 4 rings (SSSR count). The molecule has 1 aliphatic heterocycles. The first-order valence-corrected chi connectivity index (χ1v) is 9.51. The third-order valence-electron chi connectivity index (χ3n) is 5.24. The second-order valence-corrected chi connectivity index (χ2v) is 7.19. The van der Waals surface area contributed by atoms with E-state index < -0.39 is 12.1 Å². The minimum atomic E-state index is -0.675. The van der Waals surface area contributed by atoms with Gasteiger partial charge in [0.25, 0.3) is 5.91 Å². The van der Waals surface area contributed by atoms with E-state index >= 15 is 0 Å². The van der Waals surface area contributed by atoms with Crippen molar-refractivity contribution in [1.29, 1.82) is 0 Å². The van der Waals surface area contributed by atoms with Crippen molar-refractivity contribution in [2.75, 3.05) is 6.54 Å². The van der Waals surface area contributed by atoms with E-state index in [9.17, 15) is 14.4 Å². The number of benzene rings is 2. The number of nitrogens with zero attached hydrogens (tertiary/aromatic N) is 1. The maximum Gasteiger partial charge on any atom is 0.325 e. The van der Waals surface area contributed by atoms with Gasteiger partial charge in [-0.15, -0.1) is 0 Å². The fourth-order valence-corrected chi connectivity index (χ4v) is 3.59. The molecule has 4 amide bonds. The van der Waals surface area contributed by atoms with Crippen molar-refractivity contribution in [1.82, 2.24) is 20.5 Å². The summed E-state index contributed by atoms with van der Waals surface area (Å²) in [6, 6.07) is 14.3. The average molecular weight is 390 g/mol. The van der Waals surface area contributed by atoms with E-state index in [0.717, 1.165) is 32.5 Å². The van der Waals surface area contributed by atoms with Gasteiger partial charge < -0.3 is 15.6 Å². The first-order valence-electron chi connectivity index (χ1n) is 9.51. The lowest BCUT2D eigenvalue weighted by Crippen LogP contribution is -2.41. The van der Waals surface area contributed by atoms with Crippen molar-refractivity contribution >= 4 is 28.7 Å². The number of aromatic nitrogens is 1. The van der Waals surface area contributed by atoms with Gasteiger partial charge in [-0.1, -0.05) is 42.5 Å². The van der Waals surface area contributed by atoms with Crippen LogP contribution in [0.5, 0.6) is 0 Å². The van der Waals surface area contributed by atoms with Crippen LogP contribution in [-0.2, 0) is 22.6 Å². The number of aromatic amines is 1. The maximum absolute atomic E-state index is 12.7. The van der Waals surface area contributed by atoms with Crippen molar-refractivity contribution in [2.45, 2.75) is 25.9 Å². The number of urea groups is 1. The number of rotatable bonds is 6. The molecule has 1 unspecified atom stereocenters. The molecule has 0 radical (unpaired) electrons. The number of fused-ring (bicyclic) bond motifs is 1. The van der Waals surface area contributed by atoms with E-state index in [4.69, 9.17) is 0 Å². The van der Waals surface area contributed by atoms with E-state index in [1.165, 1.54) is 0 Å². The summed E-state index contributed by atoms with van der Waals surface area (Å²) in [4.78, 5) is 41.4. The number of carbonyl (C=O) groups is 3. The van der Waals surface area contributed by atoms with Crippen LogP contribution in [0.25, 0.3) is 10.9 Å². The van der Waals surface area contributed by atoms with E-state index in [2.05, 4.69) is 15.6 Å². The normalized spacial score (nSPS) is 16.3. The van der Waals surface area contributed by atoms with Crippen LogP contribution < -0.4 is 10.6 Å². The van der Waals surface area contributed by atoms with Crippen molar-refractivity contribution in [2.24, 2.45) is 0 Å². The van der Waals surface area contributed by atoms with Crippen LogP contribution in [0.1, 0.15) is 16.7 Å². The van der Waals surface area contributed by atoms with Gasteiger partial charge in [0.05, 0.1) is 0 Å². The molecule has 29 heavy (non-hydrogen) atoms.